The summed E-state index contributed by atoms with van der Waals surface area (Å²) in [7, 11) is 0. The Morgan fingerprint density at radius 2 is 2.20 bits per heavy atom. The van der Waals surface area contributed by atoms with Crippen molar-refractivity contribution in [1.82, 2.24) is 10.2 Å². The third kappa shape index (κ3) is 2.88. The molecule has 0 unspecified atom stereocenters. The largest absolute Gasteiger partial charge is 0.489 e. The second-order valence-corrected chi connectivity index (χ2v) is 4.36. The molecule has 0 saturated heterocycles. The molecule has 1 aromatic carbocycles. The van der Waals surface area contributed by atoms with E-state index >= 15 is 0 Å². The van der Waals surface area contributed by atoms with Crippen molar-refractivity contribution in [3.05, 3.63) is 53.9 Å². The van der Waals surface area contributed by atoms with Gasteiger partial charge in [-0.2, -0.15) is 5.10 Å². The number of nitrogens with zero attached hydrogens (tertiary/aromatic N) is 1. The number of ether oxygens (including phenoxy) is 1. The maximum absolute atomic E-state index is 12.3. The minimum Gasteiger partial charge on any atom is -0.489 e. The fourth-order valence-corrected chi connectivity index (χ4v) is 1.84. The number of aryl methyl sites for hydroxylation is 2. The summed E-state index contributed by atoms with van der Waals surface area (Å²) in [6, 6.07) is 7.10. The van der Waals surface area contributed by atoms with E-state index in [2.05, 4.69) is 22.1 Å². The number of hydrogen-bond donors (Lipinski definition) is 2. The molecule has 0 aliphatic heterocycles. The third-order valence-corrected chi connectivity index (χ3v) is 2.86. The number of para-hydroxylation sites is 1. The number of carbonyl (C=O) groups is 1. The SMILES string of the molecule is C=CCOc1ccccc1C(=O)Nc1c(C)n[nH]c1C. The number of H-pyrrole nitrogens is 1. The molecule has 0 aliphatic carbocycles. The van der Waals surface area contributed by atoms with Crippen molar-refractivity contribution in [2.45, 2.75) is 13.8 Å². The van der Waals surface area contributed by atoms with Crippen LogP contribution in [-0.4, -0.2) is 22.7 Å². The van der Waals surface area contributed by atoms with Gasteiger partial charge in [-0.1, -0.05) is 24.8 Å². The minimum atomic E-state index is -0.225. The lowest BCUT2D eigenvalue weighted by atomic mass is 10.2. The van der Waals surface area contributed by atoms with E-state index in [9.17, 15) is 4.79 Å². The topological polar surface area (TPSA) is 67.0 Å². The molecule has 0 aliphatic rings. The van der Waals surface area contributed by atoms with Crippen LogP contribution in [0.15, 0.2) is 36.9 Å². The van der Waals surface area contributed by atoms with Gasteiger partial charge in [-0.25, -0.2) is 0 Å². The van der Waals surface area contributed by atoms with Crippen molar-refractivity contribution >= 4 is 11.6 Å². The molecular weight excluding hydrogens is 254 g/mol. The van der Waals surface area contributed by atoms with E-state index in [1.165, 1.54) is 0 Å². The molecule has 1 heterocycles. The Bertz CT molecular complexity index is 612. The molecule has 0 fully saturated rings. The quantitative estimate of drug-likeness (QED) is 0.822. The van der Waals surface area contributed by atoms with Gasteiger partial charge in [-0.15, -0.1) is 0 Å². The van der Waals surface area contributed by atoms with Gasteiger partial charge in [0, 0.05) is 0 Å². The molecule has 20 heavy (non-hydrogen) atoms. The van der Waals surface area contributed by atoms with Gasteiger partial charge in [0.25, 0.3) is 5.91 Å². The number of aromatic amines is 1. The van der Waals surface area contributed by atoms with E-state index in [1.807, 2.05) is 19.9 Å². The second kappa shape index (κ2) is 6.06. The van der Waals surface area contributed by atoms with Crippen molar-refractivity contribution < 1.29 is 9.53 Å². The summed E-state index contributed by atoms with van der Waals surface area (Å²) < 4.78 is 5.48. The van der Waals surface area contributed by atoms with Gasteiger partial charge >= 0.3 is 0 Å². The number of rotatable bonds is 5. The van der Waals surface area contributed by atoms with Crippen LogP contribution in [0.4, 0.5) is 5.69 Å². The Morgan fingerprint density at radius 3 is 2.85 bits per heavy atom. The molecule has 0 atom stereocenters. The Hall–Kier alpha value is -2.56. The highest BCUT2D eigenvalue weighted by Gasteiger charge is 2.15. The summed E-state index contributed by atoms with van der Waals surface area (Å²) in [5, 5.41) is 9.74. The lowest BCUT2D eigenvalue weighted by molar-refractivity contribution is 0.102. The lowest BCUT2D eigenvalue weighted by Gasteiger charge is -2.10. The molecule has 104 valence electrons. The fraction of sp³-hybridized carbons (Fsp3) is 0.200. The van der Waals surface area contributed by atoms with Crippen molar-refractivity contribution in [3.8, 4) is 5.75 Å². The van der Waals surface area contributed by atoms with E-state index < -0.39 is 0 Å². The van der Waals surface area contributed by atoms with Crippen molar-refractivity contribution in [2.75, 3.05) is 11.9 Å². The van der Waals surface area contributed by atoms with Crippen LogP contribution in [0.1, 0.15) is 21.7 Å². The van der Waals surface area contributed by atoms with Gasteiger partial charge in [0.05, 0.1) is 22.6 Å². The third-order valence-electron chi connectivity index (χ3n) is 2.86. The molecule has 2 aromatic rings. The van der Waals surface area contributed by atoms with Gasteiger partial charge in [-0.05, 0) is 26.0 Å². The van der Waals surface area contributed by atoms with Crippen LogP contribution < -0.4 is 10.1 Å². The first-order valence-corrected chi connectivity index (χ1v) is 6.29. The molecule has 5 nitrogen and oxygen atoms in total. The zero-order valence-corrected chi connectivity index (χ0v) is 11.6. The molecular formula is C15H17N3O2. The molecule has 0 radical (unpaired) electrons. The number of hydrogen-bond acceptors (Lipinski definition) is 3. The average molecular weight is 271 g/mol. The highest BCUT2D eigenvalue weighted by atomic mass is 16.5. The summed E-state index contributed by atoms with van der Waals surface area (Å²) in [6.07, 6.45) is 1.64. The molecule has 1 aromatic heterocycles. The molecule has 2 rings (SSSR count). The van der Waals surface area contributed by atoms with Crippen LogP contribution in [0.3, 0.4) is 0 Å². The van der Waals surface area contributed by atoms with Crippen LogP contribution >= 0.6 is 0 Å². The maximum atomic E-state index is 12.3. The van der Waals surface area contributed by atoms with Crippen LogP contribution in [0.2, 0.25) is 0 Å². The van der Waals surface area contributed by atoms with Gasteiger partial charge in [0.2, 0.25) is 0 Å². The Morgan fingerprint density at radius 1 is 1.45 bits per heavy atom. The van der Waals surface area contributed by atoms with Crippen LogP contribution in [0.25, 0.3) is 0 Å². The van der Waals surface area contributed by atoms with E-state index in [1.54, 1.807) is 24.3 Å². The Labute approximate surface area is 117 Å². The lowest BCUT2D eigenvalue weighted by Crippen LogP contribution is -2.14. The van der Waals surface area contributed by atoms with Crippen LogP contribution in [0, 0.1) is 13.8 Å². The summed E-state index contributed by atoms with van der Waals surface area (Å²) in [6.45, 7) is 7.64. The summed E-state index contributed by atoms with van der Waals surface area (Å²) in [4.78, 5) is 12.3. The molecule has 2 N–H and O–H groups in total. The van der Waals surface area contributed by atoms with Gasteiger partial charge in [0.15, 0.2) is 0 Å². The van der Waals surface area contributed by atoms with Crippen molar-refractivity contribution in [2.24, 2.45) is 0 Å². The van der Waals surface area contributed by atoms with E-state index in [0.717, 1.165) is 11.4 Å². The zero-order valence-electron chi connectivity index (χ0n) is 11.6. The van der Waals surface area contributed by atoms with Crippen molar-refractivity contribution in [1.29, 1.82) is 0 Å². The number of benzene rings is 1. The van der Waals surface area contributed by atoms with E-state index in [0.29, 0.717) is 23.6 Å². The molecule has 1 amide bonds. The predicted molar refractivity (Wildman–Crippen MR) is 78.1 cm³/mol. The predicted octanol–water partition coefficient (Wildman–Crippen LogP) is 2.84. The van der Waals surface area contributed by atoms with Crippen molar-refractivity contribution in [3.63, 3.8) is 0 Å². The van der Waals surface area contributed by atoms with E-state index in [-0.39, 0.29) is 5.91 Å². The smallest absolute Gasteiger partial charge is 0.259 e. The van der Waals surface area contributed by atoms with Gasteiger partial charge in [0.1, 0.15) is 12.4 Å². The first-order valence-electron chi connectivity index (χ1n) is 6.29. The highest BCUT2D eigenvalue weighted by Crippen LogP contribution is 2.22. The molecule has 0 saturated carbocycles. The van der Waals surface area contributed by atoms with E-state index in [4.69, 9.17) is 4.74 Å². The van der Waals surface area contributed by atoms with Crippen LogP contribution in [0.5, 0.6) is 5.75 Å². The minimum absolute atomic E-state index is 0.225. The Kier molecular flexibility index (Phi) is 4.20. The summed E-state index contributed by atoms with van der Waals surface area (Å²) >= 11 is 0. The van der Waals surface area contributed by atoms with Gasteiger partial charge < -0.3 is 10.1 Å². The number of carbonyl (C=O) groups excluding carboxylic acids is 1. The normalized spacial score (nSPS) is 10.1. The summed E-state index contributed by atoms with van der Waals surface area (Å²) in [5.74, 6) is 0.306. The number of anilines is 1. The number of aromatic nitrogens is 2. The number of amides is 1. The van der Waals surface area contributed by atoms with Crippen LogP contribution in [-0.2, 0) is 0 Å². The highest BCUT2D eigenvalue weighted by molar-refractivity contribution is 6.06. The second-order valence-electron chi connectivity index (χ2n) is 4.36. The molecule has 0 bridgehead atoms. The summed E-state index contributed by atoms with van der Waals surface area (Å²) in [5.41, 5.74) is 2.75. The number of nitrogens with one attached hydrogen (secondary N) is 2. The first-order chi connectivity index (χ1) is 9.63. The average Bonchev–Trinajstić information content (AvgIpc) is 2.77. The fourth-order valence-electron chi connectivity index (χ4n) is 1.84. The standard InChI is InChI=1S/C15H17N3O2/c1-4-9-20-13-8-6-5-7-12(13)15(19)16-14-10(2)17-18-11(14)3/h4-8H,1,9H2,2-3H3,(H,16,19)(H,17,18). The first kappa shape index (κ1) is 13.9. The molecule has 0 spiro atoms. The van der Waals surface area contributed by atoms with Gasteiger partial charge in [-0.3, -0.25) is 9.89 Å². The molecule has 5 heteroatoms. The monoisotopic (exact) mass is 271 g/mol. The Balaban J connectivity index is 2.23. The zero-order chi connectivity index (χ0) is 14.5. The maximum Gasteiger partial charge on any atom is 0.259 e.